The van der Waals surface area contributed by atoms with Crippen LogP contribution in [0.4, 0.5) is 0 Å². The molecule has 3 nitrogen and oxygen atoms in total. The number of rotatable bonds is 3. The summed E-state index contributed by atoms with van der Waals surface area (Å²) >= 11 is 1.79. The van der Waals surface area contributed by atoms with E-state index in [4.69, 9.17) is 4.98 Å². The maximum Gasteiger partial charge on any atom is 0.108 e. The van der Waals surface area contributed by atoms with Crippen LogP contribution in [0.15, 0.2) is 24.3 Å². The van der Waals surface area contributed by atoms with Crippen molar-refractivity contribution in [2.75, 3.05) is 13.1 Å². The molecule has 1 aromatic heterocycles. The molecule has 1 aromatic carbocycles. The van der Waals surface area contributed by atoms with Gasteiger partial charge in [-0.15, -0.1) is 11.3 Å². The molecule has 1 N–H and O–H groups in total. The molecular formula is C15H20N2OS. The van der Waals surface area contributed by atoms with Gasteiger partial charge < -0.3 is 5.11 Å². The number of para-hydroxylation sites is 1. The van der Waals surface area contributed by atoms with Crippen LogP contribution in [0.25, 0.3) is 10.2 Å². The van der Waals surface area contributed by atoms with Gasteiger partial charge in [-0.2, -0.15) is 0 Å². The first kappa shape index (κ1) is 13.0. The predicted octanol–water partition coefficient (Wildman–Crippen LogP) is 2.89. The van der Waals surface area contributed by atoms with E-state index >= 15 is 0 Å². The fourth-order valence-corrected chi connectivity index (χ4v) is 3.83. The van der Waals surface area contributed by atoms with Gasteiger partial charge in [0.2, 0.25) is 0 Å². The summed E-state index contributed by atoms with van der Waals surface area (Å²) < 4.78 is 1.27. The Kier molecular flexibility index (Phi) is 3.82. The molecule has 1 aliphatic rings. The minimum Gasteiger partial charge on any atom is -0.393 e. The summed E-state index contributed by atoms with van der Waals surface area (Å²) in [5.41, 5.74) is 1.10. The third-order valence-corrected chi connectivity index (χ3v) is 5.02. The quantitative estimate of drug-likeness (QED) is 0.936. The van der Waals surface area contributed by atoms with Crippen molar-refractivity contribution in [1.29, 1.82) is 0 Å². The van der Waals surface area contributed by atoms with Crippen LogP contribution in [-0.4, -0.2) is 34.2 Å². The van der Waals surface area contributed by atoms with Gasteiger partial charge in [-0.25, -0.2) is 4.98 Å². The van der Waals surface area contributed by atoms with Gasteiger partial charge in [-0.3, -0.25) is 4.90 Å². The maximum absolute atomic E-state index is 9.93. The van der Waals surface area contributed by atoms with E-state index in [1.54, 1.807) is 11.3 Å². The molecular weight excluding hydrogens is 256 g/mol. The summed E-state index contributed by atoms with van der Waals surface area (Å²) in [5.74, 6) is 0.420. The Hall–Kier alpha value is -0.970. The molecule has 3 rings (SSSR count). The van der Waals surface area contributed by atoms with Crippen LogP contribution in [0.1, 0.15) is 24.8 Å². The van der Waals surface area contributed by atoms with E-state index in [1.807, 2.05) is 6.07 Å². The normalized spacial score (nSPS) is 24.9. The van der Waals surface area contributed by atoms with Crippen molar-refractivity contribution in [3.05, 3.63) is 29.3 Å². The van der Waals surface area contributed by atoms with E-state index < -0.39 is 0 Å². The number of nitrogens with zero attached hydrogens (tertiary/aromatic N) is 2. The molecule has 2 atom stereocenters. The van der Waals surface area contributed by atoms with Crippen molar-refractivity contribution in [3.63, 3.8) is 0 Å². The molecule has 4 heteroatoms. The van der Waals surface area contributed by atoms with Gasteiger partial charge in [-0.05, 0) is 30.9 Å². The van der Waals surface area contributed by atoms with Gasteiger partial charge in [0.1, 0.15) is 5.01 Å². The molecule has 0 aliphatic carbocycles. The Morgan fingerprint density at radius 3 is 3.05 bits per heavy atom. The largest absolute Gasteiger partial charge is 0.393 e. The van der Waals surface area contributed by atoms with E-state index in [9.17, 15) is 5.11 Å². The van der Waals surface area contributed by atoms with Crippen LogP contribution in [0.2, 0.25) is 0 Å². The van der Waals surface area contributed by atoms with Gasteiger partial charge in [0.25, 0.3) is 0 Å². The van der Waals surface area contributed by atoms with Crippen LogP contribution in [0.5, 0.6) is 0 Å². The van der Waals surface area contributed by atoms with Crippen molar-refractivity contribution in [2.45, 2.75) is 32.4 Å². The number of hydrogen-bond acceptors (Lipinski definition) is 4. The lowest BCUT2D eigenvalue weighted by molar-refractivity contribution is 0.0222. The van der Waals surface area contributed by atoms with E-state index in [-0.39, 0.29) is 6.10 Å². The molecule has 1 aliphatic heterocycles. The highest BCUT2D eigenvalue weighted by atomic mass is 32.1. The van der Waals surface area contributed by atoms with Gasteiger partial charge in [-0.1, -0.05) is 19.1 Å². The van der Waals surface area contributed by atoms with E-state index in [1.165, 1.54) is 9.71 Å². The van der Waals surface area contributed by atoms with Gasteiger partial charge in [0.15, 0.2) is 0 Å². The summed E-state index contributed by atoms with van der Waals surface area (Å²) in [6.07, 6.45) is 1.83. The molecule has 0 radical (unpaired) electrons. The highest BCUT2D eigenvalue weighted by Gasteiger charge is 2.26. The Labute approximate surface area is 117 Å². The number of aliphatic hydroxyl groups is 1. The van der Waals surface area contributed by atoms with Crippen molar-refractivity contribution >= 4 is 21.6 Å². The molecule has 0 spiro atoms. The van der Waals surface area contributed by atoms with Crippen molar-refractivity contribution in [2.24, 2.45) is 5.92 Å². The van der Waals surface area contributed by atoms with Crippen LogP contribution >= 0.6 is 11.3 Å². The number of hydrogen-bond donors (Lipinski definition) is 1. The van der Waals surface area contributed by atoms with Gasteiger partial charge in [0, 0.05) is 13.1 Å². The number of likely N-dealkylation sites (tertiary alicyclic amines) is 1. The summed E-state index contributed by atoms with van der Waals surface area (Å²) in [7, 11) is 0. The fourth-order valence-electron chi connectivity index (χ4n) is 2.82. The molecule has 0 saturated carbocycles. The zero-order valence-corrected chi connectivity index (χ0v) is 12.1. The highest BCUT2D eigenvalue weighted by molar-refractivity contribution is 7.18. The van der Waals surface area contributed by atoms with Crippen molar-refractivity contribution in [1.82, 2.24) is 9.88 Å². The van der Waals surface area contributed by atoms with Crippen LogP contribution in [0.3, 0.4) is 0 Å². The van der Waals surface area contributed by atoms with Crippen molar-refractivity contribution < 1.29 is 5.11 Å². The number of benzene rings is 1. The van der Waals surface area contributed by atoms with E-state index in [0.717, 1.165) is 38.0 Å². The second-order valence-corrected chi connectivity index (χ2v) is 6.45. The third kappa shape index (κ3) is 2.81. The standard InChI is InChI=1S/C15H20N2OS/c1-2-11-9-17(8-7-13(11)18)10-15-16-12-5-3-4-6-14(12)19-15/h3-6,11,13,18H,2,7-10H2,1H3. The van der Waals surface area contributed by atoms with Crippen LogP contribution < -0.4 is 0 Å². The lowest BCUT2D eigenvalue weighted by Crippen LogP contribution is -2.42. The summed E-state index contributed by atoms with van der Waals surface area (Å²) in [6, 6.07) is 8.31. The summed E-state index contributed by atoms with van der Waals surface area (Å²) in [5, 5.41) is 11.1. The summed E-state index contributed by atoms with van der Waals surface area (Å²) in [4.78, 5) is 7.12. The topological polar surface area (TPSA) is 36.4 Å². The third-order valence-electron chi connectivity index (χ3n) is 4.00. The smallest absolute Gasteiger partial charge is 0.108 e. The molecule has 2 heterocycles. The highest BCUT2D eigenvalue weighted by Crippen LogP contribution is 2.25. The minimum atomic E-state index is -0.114. The SMILES string of the molecule is CCC1CN(Cc2nc3ccccc3s2)CCC1O. The van der Waals surface area contributed by atoms with E-state index in [0.29, 0.717) is 5.92 Å². The Bertz CT molecular complexity index is 521. The second kappa shape index (κ2) is 5.57. The first-order valence-corrected chi connectivity index (χ1v) is 7.82. The lowest BCUT2D eigenvalue weighted by atomic mass is 9.92. The minimum absolute atomic E-state index is 0.114. The monoisotopic (exact) mass is 276 g/mol. The average molecular weight is 276 g/mol. The van der Waals surface area contributed by atoms with E-state index in [2.05, 4.69) is 30.0 Å². The zero-order valence-electron chi connectivity index (χ0n) is 11.2. The molecule has 0 amide bonds. The van der Waals surface area contributed by atoms with Gasteiger partial charge in [0.05, 0.1) is 22.9 Å². The molecule has 1 saturated heterocycles. The molecule has 2 aromatic rings. The number of aliphatic hydroxyl groups excluding tert-OH is 1. The average Bonchev–Trinajstić information content (AvgIpc) is 2.83. The zero-order chi connectivity index (χ0) is 13.2. The molecule has 0 bridgehead atoms. The Balaban J connectivity index is 1.71. The number of piperidine rings is 1. The van der Waals surface area contributed by atoms with Crippen molar-refractivity contribution in [3.8, 4) is 0 Å². The fraction of sp³-hybridized carbons (Fsp3) is 0.533. The Morgan fingerprint density at radius 1 is 1.42 bits per heavy atom. The molecule has 1 fully saturated rings. The molecule has 102 valence electrons. The molecule has 2 unspecified atom stereocenters. The number of thiazole rings is 1. The first-order valence-electron chi connectivity index (χ1n) is 7.01. The summed E-state index contributed by atoms with van der Waals surface area (Å²) in [6.45, 7) is 5.05. The van der Waals surface area contributed by atoms with Gasteiger partial charge >= 0.3 is 0 Å². The maximum atomic E-state index is 9.93. The first-order chi connectivity index (χ1) is 9.26. The van der Waals surface area contributed by atoms with Crippen LogP contribution in [-0.2, 0) is 6.54 Å². The van der Waals surface area contributed by atoms with Crippen LogP contribution in [0, 0.1) is 5.92 Å². The second-order valence-electron chi connectivity index (χ2n) is 5.33. The predicted molar refractivity (Wildman–Crippen MR) is 79.3 cm³/mol. The Morgan fingerprint density at radius 2 is 2.26 bits per heavy atom. The lowest BCUT2D eigenvalue weighted by Gasteiger charge is -2.35. The number of aromatic nitrogens is 1. The number of fused-ring (bicyclic) bond motifs is 1. The molecule has 19 heavy (non-hydrogen) atoms.